The second-order valence-corrected chi connectivity index (χ2v) is 7.23. The number of rotatable bonds is 3. The summed E-state index contributed by atoms with van der Waals surface area (Å²) in [5.74, 6) is 0.547. The van der Waals surface area contributed by atoms with E-state index in [1.807, 2.05) is 12.1 Å². The van der Waals surface area contributed by atoms with Gasteiger partial charge in [-0.3, -0.25) is 0 Å². The Morgan fingerprint density at radius 2 is 2.00 bits per heavy atom. The van der Waals surface area contributed by atoms with Crippen molar-refractivity contribution in [3.8, 4) is 0 Å². The largest absolute Gasteiger partial charge is 0.366 e. The van der Waals surface area contributed by atoms with Gasteiger partial charge in [0.25, 0.3) is 0 Å². The zero-order chi connectivity index (χ0) is 14.9. The molecule has 1 N–H and O–H groups in total. The quantitative estimate of drug-likeness (QED) is 0.900. The molecule has 0 bridgehead atoms. The Morgan fingerprint density at radius 3 is 2.50 bits per heavy atom. The molecule has 0 saturated carbocycles. The van der Waals surface area contributed by atoms with Crippen LogP contribution in [-0.4, -0.2) is 18.1 Å². The van der Waals surface area contributed by atoms with E-state index in [9.17, 15) is 4.39 Å². The Balaban J connectivity index is 2.10. The fourth-order valence-corrected chi connectivity index (χ4v) is 2.90. The summed E-state index contributed by atoms with van der Waals surface area (Å²) in [6, 6.07) is 6.07. The highest BCUT2D eigenvalue weighted by Gasteiger charge is 2.27. The van der Waals surface area contributed by atoms with E-state index in [4.69, 9.17) is 0 Å². The van der Waals surface area contributed by atoms with E-state index in [1.165, 1.54) is 0 Å². The van der Waals surface area contributed by atoms with Crippen LogP contribution in [0.15, 0.2) is 18.2 Å². The molecule has 0 aromatic heterocycles. The van der Waals surface area contributed by atoms with Gasteiger partial charge in [0.1, 0.15) is 5.82 Å². The normalized spacial score (nSPS) is 23.4. The smallest absolute Gasteiger partial charge is 0.146 e. The average Bonchev–Trinajstić information content (AvgIpc) is 2.65. The van der Waals surface area contributed by atoms with Crippen LogP contribution in [0.2, 0.25) is 0 Å². The number of nitrogens with zero attached hydrogens (tertiary/aromatic N) is 1. The summed E-state index contributed by atoms with van der Waals surface area (Å²) >= 11 is 0. The lowest BCUT2D eigenvalue weighted by atomic mass is 10.1. The van der Waals surface area contributed by atoms with Gasteiger partial charge in [0.05, 0.1) is 5.69 Å². The van der Waals surface area contributed by atoms with Gasteiger partial charge in [0.15, 0.2) is 0 Å². The second-order valence-electron chi connectivity index (χ2n) is 7.23. The molecule has 112 valence electrons. The average molecular weight is 278 g/mol. The molecule has 2 unspecified atom stereocenters. The summed E-state index contributed by atoms with van der Waals surface area (Å²) in [6.07, 6.45) is 1.15. The highest BCUT2D eigenvalue weighted by atomic mass is 19.1. The third-order valence-corrected chi connectivity index (χ3v) is 3.93. The van der Waals surface area contributed by atoms with Crippen molar-refractivity contribution in [1.29, 1.82) is 0 Å². The maximum atomic E-state index is 14.4. The minimum atomic E-state index is -0.0980. The van der Waals surface area contributed by atoms with E-state index in [-0.39, 0.29) is 11.4 Å². The fraction of sp³-hybridized carbons (Fsp3) is 0.647. The molecule has 1 aliphatic rings. The van der Waals surface area contributed by atoms with Crippen LogP contribution in [0.5, 0.6) is 0 Å². The van der Waals surface area contributed by atoms with Gasteiger partial charge >= 0.3 is 0 Å². The van der Waals surface area contributed by atoms with Crippen molar-refractivity contribution < 1.29 is 4.39 Å². The molecule has 0 amide bonds. The predicted molar refractivity (Wildman–Crippen MR) is 83.6 cm³/mol. The van der Waals surface area contributed by atoms with Crippen LogP contribution in [0.25, 0.3) is 0 Å². The minimum Gasteiger partial charge on any atom is -0.366 e. The molecule has 1 saturated heterocycles. The molecule has 0 radical (unpaired) electrons. The number of anilines is 1. The SMILES string of the molecule is CC1CC(C)N(c2ccc(CNC(C)(C)C)cc2F)C1. The topological polar surface area (TPSA) is 15.3 Å². The fourth-order valence-electron chi connectivity index (χ4n) is 2.90. The molecule has 1 heterocycles. The van der Waals surface area contributed by atoms with E-state index in [0.717, 1.165) is 24.2 Å². The van der Waals surface area contributed by atoms with Gasteiger partial charge in [0, 0.05) is 24.7 Å². The van der Waals surface area contributed by atoms with Crippen LogP contribution in [-0.2, 0) is 6.54 Å². The molecule has 1 aromatic rings. The zero-order valence-corrected chi connectivity index (χ0v) is 13.3. The van der Waals surface area contributed by atoms with Gasteiger partial charge in [-0.15, -0.1) is 0 Å². The standard InChI is InChI=1S/C17H27FN2/c1-12-8-13(2)20(11-12)16-7-6-14(9-15(16)18)10-19-17(3,4)5/h6-7,9,12-13,19H,8,10-11H2,1-5H3. The maximum absolute atomic E-state index is 14.4. The van der Waals surface area contributed by atoms with Gasteiger partial charge in [-0.25, -0.2) is 4.39 Å². The number of hydrogen-bond donors (Lipinski definition) is 1. The van der Waals surface area contributed by atoms with Crippen molar-refractivity contribution in [3.63, 3.8) is 0 Å². The van der Waals surface area contributed by atoms with Crippen LogP contribution in [0.3, 0.4) is 0 Å². The highest BCUT2D eigenvalue weighted by Crippen LogP contribution is 2.31. The van der Waals surface area contributed by atoms with Gasteiger partial charge in [-0.2, -0.15) is 0 Å². The van der Waals surface area contributed by atoms with E-state index in [0.29, 0.717) is 18.5 Å². The molecular formula is C17H27FN2. The molecule has 1 aliphatic heterocycles. The van der Waals surface area contributed by atoms with Crippen molar-refractivity contribution in [2.24, 2.45) is 5.92 Å². The van der Waals surface area contributed by atoms with Crippen LogP contribution in [0, 0.1) is 11.7 Å². The van der Waals surface area contributed by atoms with Crippen molar-refractivity contribution >= 4 is 5.69 Å². The molecular weight excluding hydrogens is 251 g/mol. The van der Waals surface area contributed by atoms with Crippen molar-refractivity contribution in [2.45, 2.75) is 59.2 Å². The Labute approximate surface area is 122 Å². The monoisotopic (exact) mass is 278 g/mol. The molecule has 1 aromatic carbocycles. The van der Waals surface area contributed by atoms with Crippen molar-refractivity contribution in [3.05, 3.63) is 29.6 Å². The zero-order valence-electron chi connectivity index (χ0n) is 13.3. The van der Waals surface area contributed by atoms with Gasteiger partial charge in [-0.1, -0.05) is 13.0 Å². The van der Waals surface area contributed by atoms with E-state index < -0.39 is 0 Å². The Hall–Kier alpha value is -1.09. The molecule has 2 atom stereocenters. The summed E-state index contributed by atoms with van der Waals surface area (Å²) in [5.41, 5.74) is 1.80. The van der Waals surface area contributed by atoms with Crippen molar-refractivity contribution in [1.82, 2.24) is 5.32 Å². The lowest BCUT2D eigenvalue weighted by molar-refractivity contribution is 0.423. The first-order valence-electron chi connectivity index (χ1n) is 7.56. The highest BCUT2D eigenvalue weighted by molar-refractivity contribution is 5.51. The van der Waals surface area contributed by atoms with Crippen LogP contribution >= 0.6 is 0 Å². The number of hydrogen-bond acceptors (Lipinski definition) is 2. The predicted octanol–water partition coefficient (Wildman–Crippen LogP) is 3.95. The molecule has 2 nitrogen and oxygen atoms in total. The Kier molecular flexibility index (Phi) is 4.38. The van der Waals surface area contributed by atoms with Crippen LogP contribution in [0.4, 0.5) is 10.1 Å². The summed E-state index contributed by atoms with van der Waals surface area (Å²) in [7, 11) is 0. The Bertz CT molecular complexity index is 465. The molecule has 0 spiro atoms. The Morgan fingerprint density at radius 1 is 1.30 bits per heavy atom. The van der Waals surface area contributed by atoms with Gasteiger partial charge in [-0.05, 0) is 57.7 Å². The number of halogens is 1. The number of nitrogens with one attached hydrogen (secondary N) is 1. The molecule has 2 rings (SSSR count). The molecule has 0 aliphatic carbocycles. The minimum absolute atomic E-state index is 0.0496. The summed E-state index contributed by atoms with van der Waals surface area (Å²) in [6.45, 7) is 12.4. The van der Waals surface area contributed by atoms with E-state index in [1.54, 1.807) is 6.07 Å². The molecule has 20 heavy (non-hydrogen) atoms. The first-order valence-corrected chi connectivity index (χ1v) is 7.56. The van der Waals surface area contributed by atoms with Gasteiger partial charge < -0.3 is 10.2 Å². The first-order chi connectivity index (χ1) is 9.26. The lowest BCUT2D eigenvalue weighted by Crippen LogP contribution is -2.35. The van der Waals surface area contributed by atoms with Crippen LogP contribution < -0.4 is 10.2 Å². The molecule has 1 fully saturated rings. The van der Waals surface area contributed by atoms with Crippen LogP contribution in [0.1, 0.15) is 46.6 Å². The van der Waals surface area contributed by atoms with Gasteiger partial charge in [0.2, 0.25) is 0 Å². The van der Waals surface area contributed by atoms with E-state index >= 15 is 0 Å². The third kappa shape index (κ3) is 3.72. The maximum Gasteiger partial charge on any atom is 0.146 e. The summed E-state index contributed by atoms with van der Waals surface area (Å²) < 4.78 is 14.4. The lowest BCUT2D eigenvalue weighted by Gasteiger charge is -2.25. The summed E-state index contributed by atoms with van der Waals surface area (Å²) in [4.78, 5) is 2.20. The second kappa shape index (κ2) is 5.72. The van der Waals surface area contributed by atoms with E-state index in [2.05, 4.69) is 44.8 Å². The van der Waals surface area contributed by atoms with Crippen molar-refractivity contribution in [2.75, 3.05) is 11.4 Å². The third-order valence-electron chi connectivity index (χ3n) is 3.93. The summed E-state index contributed by atoms with van der Waals surface area (Å²) in [5, 5.41) is 3.39. The molecule has 3 heteroatoms. The first kappa shape index (κ1) is 15.3. The number of benzene rings is 1.